The molecular formula is C15H15N3O2. The molecule has 3 rings (SSSR count). The molecular weight excluding hydrogens is 254 g/mol. The molecule has 2 heterocycles. The lowest BCUT2D eigenvalue weighted by Gasteiger charge is -2.27. The number of nitrogens with zero attached hydrogens (tertiary/aromatic N) is 2. The second-order valence-corrected chi connectivity index (χ2v) is 5.47. The molecule has 5 heteroatoms. The van der Waals surface area contributed by atoms with Crippen molar-refractivity contribution >= 4 is 17.0 Å². The summed E-state index contributed by atoms with van der Waals surface area (Å²) in [5.74, 6) is 0. The predicted octanol–water partition coefficient (Wildman–Crippen LogP) is 2.80. The molecule has 20 heavy (non-hydrogen) atoms. The van der Waals surface area contributed by atoms with Crippen molar-refractivity contribution in [3.63, 3.8) is 0 Å². The van der Waals surface area contributed by atoms with E-state index in [1.807, 2.05) is 24.3 Å². The van der Waals surface area contributed by atoms with E-state index in [4.69, 9.17) is 4.42 Å². The molecule has 0 aliphatic carbocycles. The Hall–Kier alpha value is -2.48. The molecule has 1 saturated heterocycles. The van der Waals surface area contributed by atoms with Gasteiger partial charge in [-0.15, -0.1) is 0 Å². The number of carbonyl (C=O) groups is 1. The Balaban J connectivity index is 1.94. The average molecular weight is 269 g/mol. The van der Waals surface area contributed by atoms with Crippen LogP contribution in [0.4, 0.5) is 4.79 Å². The monoisotopic (exact) mass is 269 g/mol. The Bertz CT molecular complexity index is 711. The average Bonchev–Trinajstić information content (AvgIpc) is 3.02. The van der Waals surface area contributed by atoms with Crippen LogP contribution in [0.25, 0.3) is 11.0 Å². The van der Waals surface area contributed by atoms with E-state index in [0.29, 0.717) is 6.54 Å². The summed E-state index contributed by atoms with van der Waals surface area (Å²) in [5.41, 5.74) is 0.929. The van der Waals surface area contributed by atoms with Crippen molar-refractivity contribution in [2.75, 3.05) is 6.54 Å². The summed E-state index contributed by atoms with van der Waals surface area (Å²) < 4.78 is 5.51. The molecule has 1 unspecified atom stereocenters. The van der Waals surface area contributed by atoms with Crippen LogP contribution >= 0.6 is 0 Å². The van der Waals surface area contributed by atoms with Crippen LogP contribution in [0.5, 0.6) is 0 Å². The number of nitriles is 1. The molecule has 0 radical (unpaired) electrons. The third-order valence-corrected chi connectivity index (χ3v) is 3.74. The van der Waals surface area contributed by atoms with Gasteiger partial charge in [-0.2, -0.15) is 5.26 Å². The fraction of sp³-hybridized carbons (Fsp3) is 0.333. The lowest BCUT2D eigenvalue weighted by molar-refractivity contribution is 0.186. The highest BCUT2D eigenvalue weighted by atomic mass is 16.3. The normalized spacial score (nSPS) is 19.1. The minimum atomic E-state index is -0.821. The minimum absolute atomic E-state index is 0.154. The van der Waals surface area contributed by atoms with Gasteiger partial charge in [-0.1, -0.05) is 18.2 Å². The van der Waals surface area contributed by atoms with Crippen molar-refractivity contribution in [1.82, 2.24) is 10.2 Å². The number of furan rings is 1. The number of hydrogen-bond donors (Lipinski definition) is 1. The molecule has 1 aromatic carbocycles. The van der Waals surface area contributed by atoms with Gasteiger partial charge in [0.1, 0.15) is 11.1 Å². The molecule has 1 fully saturated rings. The Morgan fingerprint density at radius 2 is 2.20 bits per heavy atom. The predicted molar refractivity (Wildman–Crippen MR) is 73.9 cm³/mol. The fourth-order valence-electron chi connectivity index (χ4n) is 2.52. The second-order valence-electron chi connectivity index (χ2n) is 5.47. The summed E-state index contributed by atoms with van der Waals surface area (Å²) in [6, 6.07) is 9.50. The van der Waals surface area contributed by atoms with E-state index in [2.05, 4.69) is 11.4 Å². The number of amides is 2. The Labute approximate surface area is 116 Å². The first-order valence-corrected chi connectivity index (χ1v) is 6.48. The molecule has 1 N–H and O–H groups in total. The first-order valence-electron chi connectivity index (χ1n) is 6.48. The first kappa shape index (κ1) is 12.5. The highest BCUT2D eigenvalue weighted by molar-refractivity contribution is 5.84. The van der Waals surface area contributed by atoms with Crippen molar-refractivity contribution < 1.29 is 9.21 Å². The SMILES string of the molecule is CC(C)(C#N)N1CC(c2coc3ccccc23)NC1=O. The molecule has 5 nitrogen and oxygen atoms in total. The van der Waals surface area contributed by atoms with Gasteiger partial charge < -0.3 is 14.6 Å². The lowest BCUT2D eigenvalue weighted by atomic mass is 10.0. The van der Waals surface area contributed by atoms with E-state index in [1.165, 1.54) is 0 Å². The number of urea groups is 1. The van der Waals surface area contributed by atoms with Crippen molar-refractivity contribution in [3.05, 3.63) is 36.1 Å². The topological polar surface area (TPSA) is 69.3 Å². The van der Waals surface area contributed by atoms with Gasteiger partial charge in [-0.3, -0.25) is 0 Å². The Kier molecular flexibility index (Phi) is 2.68. The van der Waals surface area contributed by atoms with Crippen molar-refractivity contribution in [3.8, 4) is 6.07 Å². The molecule has 1 atom stereocenters. The van der Waals surface area contributed by atoms with E-state index < -0.39 is 5.54 Å². The van der Waals surface area contributed by atoms with Gasteiger partial charge >= 0.3 is 6.03 Å². The third-order valence-electron chi connectivity index (χ3n) is 3.74. The summed E-state index contributed by atoms with van der Waals surface area (Å²) in [6.07, 6.45) is 1.68. The largest absolute Gasteiger partial charge is 0.464 e. The van der Waals surface area contributed by atoms with Gasteiger partial charge in [0.25, 0.3) is 0 Å². The van der Waals surface area contributed by atoms with Crippen molar-refractivity contribution in [2.24, 2.45) is 0 Å². The molecule has 0 saturated carbocycles. The maximum atomic E-state index is 12.1. The molecule has 2 aromatic rings. The van der Waals surface area contributed by atoms with E-state index >= 15 is 0 Å². The molecule has 1 aromatic heterocycles. The minimum Gasteiger partial charge on any atom is -0.464 e. The number of benzene rings is 1. The number of nitrogens with one attached hydrogen (secondary N) is 1. The molecule has 102 valence electrons. The summed E-state index contributed by atoms with van der Waals surface area (Å²) in [6.45, 7) is 3.94. The number of carbonyl (C=O) groups excluding carboxylic acids is 1. The summed E-state index contributed by atoms with van der Waals surface area (Å²) in [5, 5.41) is 13.1. The van der Waals surface area contributed by atoms with Crippen LogP contribution in [0.2, 0.25) is 0 Å². The maximum Gasteiger partial charge on any atom is 0.319 e. The summed E-state index contributed by atoms with van der Waals surface area (Å²) in [7, 11) is 0. The van der Waals surface area contributed by atoms with Gasteiger partial charge in [0.15, 0.2) is 0 Å². The number of hydrogen-bond acceptors (Lipinski definition) is 3. The highest BCUT2D eigenvalue weighted by Gasteiger charge is 2.40. The zero-order valence-corrected chi connectivity index (χ0v) is 11.4. The van der Waals surface area contributed by atoms with Gasteiger partial charge in [0.2, 0.25) is 0 Å². The quantitative estimate of drug-likeness (QED) is 0.911. The lowest BCUT2D eigenvalue weighted by Crippen LogP contribution is -2.44. The standard InChI is InChI=1S/C15H15N3O2/c1-15(2,9-16)18-7-12(17-14(18)19)11-8-20-13-6-4-3-5-10(11)13/h3-6,8,12H,7H2,1-2H3,(H,17,19). The highest BCUT2D eigenvalue weighted by Crippen LogP contribution is 2.31. The van der Waals surface area contributed by atoms with Gasteiger partial charge in [-0.25, -0.2) is 4.79 Å². The van der Waals surface area contributed by atoms with E-state index in [9.17, 15) is 10.1 Å². The van der Waals surface area contributed by atoms with Crippen LogP contribution < -0.4 is 5.32 Å². The molecule has 2 amide bonds. The fourth-order valence-corrected chi connectivity index (χ4v) is 2.52. The summed E-state index contributed by atoms with van der Waals surface area (Å²) in [4.78, 5) is 13.6. The van der Waals surface area contributed by atoms with E-state index in [0.717, 1.165) is 16.5 Å². The van der Waals surface area contributed by atoms with Crippen LogP contribution in [-0.2, 0) is 0 Å². The first-order chi connectivity index (χ1) is 9.53. The Morgan fingerprint density at radius 3 is 2.95 bits per heavy atom. The van der Waals surface area contributed by atoms with Crippen LogP contribution in [-0.4, -0.2) is 23.0 Å². The van der Waals surface area contributed by atoms with Crippen LogP contribution in [0.1, 0.15) is 25.5 Å². The van der Waals surface area contributed by atoms with E-state index in [-0.39, 0.29) is 12.1 Å². The molecule has 1 aliphatic heterocycles. The number of fused-ring (bicyclic) bond motifs is 1. The zero-order valence-electron chi connectivity index (χ0n) is 11.4. The second kappa shape index (κ2) is 4.27. The van der Waals surface area contributed by atoms with Gasteiger partial charge in [0.05, 0.1) is 18.4 Å². The van der Waals surface area contributed by atoms with Crippen LogP contribution in [0, 0.1) is 11.3 Å². The van der Waals surface area contributed by atoms with E-state index in [1.54, 1.807) is 25.0 Å². The smallest absolute Gasteiger partial charge is 0.319 e. The van der Waals surface area contributed by atoms with Crippen molar-refractivity contribution in [1.29, 1.82) is 5.26 Å². The summed E-state index contributed by atoms with van der Waals surface area (Å²) >= 11 is 0. The van der Waals surface area contributed by atoms with Crippen LogP contribution in [0.3, 0.4) is 0 Å². The number of para-hydroxylation sites is 1. The molecule has 1 aliphatic rings. The Morgan fingerprint density at radius 1 is 1.45 bits per heavy atom. The maximum absolute atomic E-state index is 12.1. The van der Waals surface area contributed by atoms with Gasteiger partial charge in [-0.05, 0) is 19.9 Å². The van der Waals surface area contributed by atoms with Gasteiger partial charge in [0, 0.05) is 17.5 Å². The van der Waals surface area contributed by atoms with Crippen LogP contribution in [0.15, 0.2) is 34.9 Å². The molecule has 0 bridgehead atoms. The molecule has 0 spiro atoms. The third kappa shape index (κ3) is 1.81. The zero-order chi connectivity index (χ0) is 14.3. The van der Waals surface area contributed by atoms with Crippen molar-refractivity contribution in [2.45, 2.75) is 25.4 Å². The number of rotatable bonds is 2.